The molecule has 2 N–H and O–H groups in total. The Hall–Kier alpha value is -1.67. The lowest BCUT2D eigenvalue weighted by atomic mass is 9.70. The highest BCUT2D eigenvalue weighted by Crippen LogP contribution is 2.59. The molecule has 8 nitrogen and oxygen atoms in total. The van der Waals surface area contributed by atoms with Crippen molar-refractivity contribution >= 4 is 17.8 Å². The molecule has 0 aromatic carbocycles. The summed E-state index contributed by atoms with van der Waals surface area (Å²) in [6.07, 6.45) is 1.45. The van der Waals surface area contributed by atoms with Gasteiger partial charge in [-0.05, 0) is 52.4 Å². The van der Waals surface area contributed by atoms with Crippen LogP contribution in [-0.2, 0) is 23.9 Å². The number of rotatable bonds is 7. The Bertz CT molecular complexity index is 745. The van der Waals surface area contributed by atoms with Gasteiger partial charge in [0.25, 0.3) is 0 Å². The molecule has 0 aromatic rings. The zero-order valence-corrected chi connectivity index (χ0v) is 19.9. The topological polar surface area (TPSA) is 105 Å². The number of fused-ring (bicyclic) bond motifs is 1. The number of carbonyl (C=O) groups excluding carboxylic acids is 3. The van der Waals surface area contributed by atoms with E-state index in [9.17, 15) is 19.5 Å². The van der Waals surface area contributed by atoms with Crippen LogP contribution in [0.25, 0.3) is 0 Å². The van der Waals surface area contributed by atoms with Gasteiger partial charge in [0.15, 0.2) is 0 Å². The zero-order chi connectivity index (χ0) is 23.4. The van der Waals surface area contributed by atoms with E-state index < -0.39 is 47.1 Å². The third-order valence-corrected chi connectivity index (χ3v) is 6.72. The second kappa shape index (κ2) is 8.03. The highest BCUT2D eigenvalue weighted by molar-refractivity contribution is 5.98. The van der Waals surface area contributed by atoms with Crippen LogP contribution in [0.2, 0.25) is 0 Å². The number of nitrogens with zero attached hydrogens (tertiary/aromatic N) is 1. The van der Waals surface area contributed by atoms with Gasteiger partial charge in [0.2, 0.25) is 11.8 Å². The summed E-state index contributed by atoms with van der Waals surface area (Å²) in [5, 5.41) is 13.0. The van der Waals surface area contributed by atoms with Crippen LogP contribution in [0.5, 0.6) is 0 Å². The number of likely N-dealkylation sites (tertiary alicyclic amines) is 1. The third-order valence-electron chi connectivity index (χ3n) is 6.72. The highest BCUT2D eigenvalue weighted by Gasteiger charge is 2.75. The van der Waals surface area contributed by atoms with Crippen LogP contribution in [0.4, 0.5) is 0 Å². The molecule has 3 aliphatic heterocycles. The molecule has 0 aromatic heterocycles. The third kappa shape index (κ3) is 4.09. The van der Waals surface area contributed by atoms with Crippen LogP contribution in [0.15, 0.2) is 0 Å². The van der Waals surface area contributed by atoms with Crippen molar-refractivity contribution in [1.29, 1.82) is 0 Å². The van der Waals surface area contributed by atoms with Crippen molar-refractivity contribution < 1.29 is 29.0 Å². The van der Waals surface area contributed by atoms with Crippen molar-refractivity contribution in [2.45, 2.75) is 97.1 Å². The summed E-state index contributed by atoms with van der Waals surface area (Å²) in [7, 11) is 0. The lowest BCUT2D eigenvalue weighted by molar-refractivity contribution is -0.155. The van der Waals surface area contributed by atoms with Gasteiger partial charge in [-0.15, -0.1) is 0 Å². The molecule has 0 aliphatic carbocycles. The number of amides is 2. The lowest BCUT2D eigenvalue weighted by Gasteiger charge is -2.39. The largest absolute Gasteiger partial charge is 0.466 e. The predicted molar refractivity (Wildman–Crippen MR) is 114 cm³/mol. The zero-order valence-electron chi connectivity index (χ0n) is 19.9. The molecule has 0 radical (unpaired) electrons. The Morgan fingerprint density at radius 2 is 1.97 bits per heavy atom. The number of hydrogen-bond donors (Lipinski definition) is 2. The van der Waals surface area contributed by atoms with Crippen LogP contribution in [-0.4, -0.2) is 70.3 Å². The van der Waals surface area contributed by atoms with Gasteiger partial charge in [-0.1, -0.05) is 20.8 Å². The smallest absolute Gasteiger partial charge is 0.312 e. The molecule has 3 saturated heterocycles. The maximum atomic E-state index is 13.7. The minimum Gasteiger partial charge on any atom is -0.466 e. The first-order chi connectivity index (χ1) is 14.3. The van der Waals surface area contributed by atoms with Gasteiger partial charge in [-0.2, -0.15) is 0 Å². The summed E-state index contributed by atoms with van der Waals surface area (Å²) < 4.78 is 11.5. The van der Waals surface area contributed by atoms with E-state index in [1.54, 1.807) is 13.8 Å². The molecule has 1 spiro atoms. The van der Waals surface area contributed by atoms with Crippen LogP contribution >= 0.6 is 0 Å². The van der Waals surface area contributed by atoms with Crippen molar-refractivity contribution in [3.63, 3.8) is 0 Å². The standard InChI is InChI=1S/C23H38N2O6/c1-8-30-20(29)15-14-9-10-23(31-14)16(15)19(28)25(13(2)11-26)17(23)18(27)24-22(6,7)12-21(3,4)5/h13-17,26H,8-12H2,1-7H3,(H,24,27)/t13-,14-,15+,16+,17-,23+/m1/s1. The van der Waals surface area contributed by atoms with E-state index in [4.69, 9.17) is 9.47 Å². The van der Waals surface area contributed by atoms with E-state index in [-0.39, 0.29) is 30.4 Å². The minimum absolute atomic E-state index is 0.00150. The van der Waals surface area contributed by atoms with E-state index in [1.165, 1.54) is 4.90 Å². The Morgan fingerprint density at radius 1 is 1.32 bits per heavy atom. The molecular formula is C23H38N2O6. The monoisotopic (exact) mass is 438 g/mol. The van der Waals surface area contributed by atoms with Gasteiger partial charge in [-0.25, -0.2) is 0 Å². The maximum Gasteiger partial charge on any atom is 0.312 e. The number of carbonyl (C=O) groups is 3. The summed E-state index contributed by atoms with van der Waals surface area (Å²) in [6.45, 7) is 13.6. The van der Waals surface area contributed by atoms with Gasteiger partial charge in [0, 0.05) is 5.54 Å². The van der Waals surface area contributed by atoms with Crippen molar-refractivity contribution in [2.24, 2.45) is 17.3 Å². The lowest BCUT2D eigenvalue weighted by Crippen LogP contribution is -2.60. The van der Waals surface area contributed by atoms with Gasteiger partial charge < -0.3 is 24.8 Å². The molecule has 31 heavy (non-hydrogen) atoms. The maximum absolute atomic E-state index is 13.7. The SMILES string of the molecule is CCOC(=O)[C@@H]1[C@H]2C(=O)N([C@H](C)CO)[C@H](C(=O)NC(C)(C)CC(C)(C)C)[C@]23CC[C@H]1O3. The Labute approximate surface area is 185 Å². The van der Waals surface area contributed by atoms with E-state index in [0.29, 0.717) is 12.8 Å². The van der Waals surface area contributed by atoms with Gasteiger partial charge in [0.05, 0.1) is 37.2 Å². The quantitative estimate of drug-likeness (QED) is 0.586. The van der Waals surface area contributed by atoms with Crippen LogP contribution in [0.3, 0.4) is 0 Å². The summed E-state index contributed by atoms with van der Waals surface area (Å²) in [6, 6.07) is -1.46. The molecule has 8 heteroatoms. The summed E-state index contributed by atoms with van der Waals surface area (Å²) in [5.41, 5.74) is -1.57. The Balaban J connectivity index is 1.97. The molecule has 3 fully saturated rings. The molecule has 2 amide bonds. The summed E-state index contributed by atoms with van der Waals surface area (Å²) >= 11 is 0. The second-order valence-corrected chi connectivity index (χ2v) is 11.2. The number of ether oxygens (including phenoxy) is 2. The molecule has 176 valence electrons. The second-order valence-electron chi connectivity index (χ2n) is 11.2. The molecular weight excluding hydrogens is 400 g/mol. The molecule has 0 unspecified atom stereocenters. The fourth-order valence-corrected chi connectivity index (χ4v) is 6.23. The Morgan fingerprint density at radius 3 is 2.52 bits per heavy atom. The molecule has 3 rings (SSSR count). The normalized spacial score (nSPS) is 33.4. The number of aliphatic hydroxyl groups is 1. The van der Waals surface area contributed by atoms with Gasteiger partial charge >= 0.3 is 5.97 Å². The van der Waals surface area contributed by atoms with E-state index >= 15 is 0 Å². The number of hydrogen-bond acceptors (Lipinski definition) is 6. The van der Waals surface area contributed by atoms with Crippen molar-refractivity contribution in [3.05, 3.63) is 0 Å². The van der Waals surface area contributed by atoms with Crippen molar-refractivity contribution in [2.75, 3.05) is 13.2 Å². The molecule has 3 aliphatic rings. The van der Waals surface area contributed by atoms with Gasteiger partial charge in [-0.3, -0.25) is 14.4 Å². The average molecular weight is 439 g/mol. The highest BCUT2D eigenvalue weighted by atomic mass is 16.6. The first kappa shape index (κ1) is 24.0. The van der Waals surface area contributed by atoms with E-state index in [0.717, 1.165) is 6.42 Å². The predicted octanol–water partition coefficient (Wildman–Crippen LogP) is 1.64. The molecule has 6 atom stereocenters. The summed E-state index contributed by atoms with van der Waals surface area (Å²) in [4.78, 5) is 41.4. The van der Waals surface area contributed by atoms with Crippen molar-refractivity contribution in [3.8, 4) is 0 Å². The number of nitrogens with one attached hydrogen (secondary N) is 1. The molecule has 2 bridgehead atoms. The fourth-order valence-electron chi connectivity index (χ4n) is 6.23. The van der Waals surface area contributed by atoms with Crippen LogP contribution in [0, 0.1) is 17.3 Å². The number of esters is 1. The summed E-state index contributed by atoms with van der Waals surface area (Å²) in [5.74, 6) is -2.53. The minimum atomic E-state index is -1.06. The van der Waals surface area contributed by atoms with Crippen molar-refractivity contribution in [1.82, 2.24) is 10.2 Å². The van der Waals surface area contributed by atoms with Crippen LogP contribution < -0.4 is 5.32 Å². The van der Waals surface area contributed by atoms with E-state index in [2.05, 4.69) is 26.1 Å². The average Bonchev–Trinajstić information content (AvgIpc) is 3.25. The first-order valence-electron chi connectivity index (χ1n) is 11.4. The number of aliphatic hydroxyl groups excluding tert-OH is 1. The van der Waals surface area contributed by atoms with E-state index in [1.807, 2.05) is 13.8 Å². The Kier molecular flexibility index (Phi) is 6.21. The molecule has 0 saturated carbocycles. The molecule has 3 heterocycles. The van der Waals surface area contributed by atoms with Gasteiger partial charge in [0.1, 0.15) is 11.6 Å². The first-order valence-corrected chi connectivity index (χ1v) is 11.4. The fraction of sp³-hybridized carbons (Fsp3) is 0.870. The van der Waals surface area contributed by atoms with Crippen LogP contribution in [0.1, 0.15) is 67.7 Å².